The second kappa shape index (κ2) is 13.1. The van der Waals surface area contributed by atoms with E-state index in [1.54, 1.807) is 6.07 Å². The first-order chi connectivity index (χ1) is 27.4. The average molecular weight is 723 g/mol. The first-order valence-corrected chi connectivity index (χ1v) is 18.6. The Kier molecular flexibility index (Phi) is 7.78. The van der Waals surface area contributed by atoms with Crippen LogP contribution in [0, 0.1) is 13.8 Å². The van der Waals surface area contributed by atoms with Crippen molar-refractivity contribution in [2.75, 3.05) is 4.90 Å². The first kappa shape index (κ1) is 33.2. The Morgan fingerprint density at radius 2 is 0.982 bits per heavy atom. The fourth-order valence-electron chi connectivity index (χ4n) is 8.24. The fourth-order valence-corrected chi connectivity index (χ4v) is 8.24. The molecule has 0 atom stereocenters. The normalized spacial score (nSPS) is 12.5. The van der Waals surface area contributed by atoms with Crippen molar-refractivity contribution in [3.63, 3.8) is 0 Å². The number of pyridine rings is 2. The van der Waals surface area contributed by atoms with Crippen LogP contribution in [0.3, 0.4) is 0 Å². The van der Waals surface area contributed by atoms with Crippen LogP contribution < -0.4 is 4.90 Å². The fraction of sp³-hybridized carbons (Fsp3) is 0.0400. The molecule has 0 bridgehead atoms. The largest absolute Gasteiger partial charge is 0.308 e. The Morgan fingerprint density at radius 3 is 1.50 bits per heavy atom. The molecule has 0 N–H and O–H groups in total. The topological polar surface area (TPSA) is 68.1 Å². The summed E-state index contributed by atoms with van der Waals surface area (Å²) in [5, 5.41) is 2.08. The Balaban J connectivity index is 1.17. The predicted molar refractivity (Wildman–Crippen MR) is 225 cm³/mol. The van der Waals surface area contributed by atoms with Crippen LogP contribution in [0.4, 0.5) is 5.69 Å². The predicted octanol–water partition coefficient (Wildman–Crippen LogP) is 11.7. The molecular formula is C50H34N4O2. The molecule has 3 aromatic heterocycles. The van der Waals surface area contributed by atoms with Crippen molar-refractivity contribution < 1.29 is 9.59 Å². The minimum atomic E-state index is -0.354. The number of rotatable bonds is 6. The zero-order chi connectivity index (χ0) is 37.9. The summed E-state index contributed by atoms with van der Waals surface area (Å²) >= 11 is 0. The van der Waals surface area contributed by atoms with E-state index < -0.39 is 0 Å². The number of imide groups is 1. The summed E-state index contributed by atoms with van der Waals surface area (Å²) in [6.45, 7) is 4.14. The summed E-state index contributed by atoms with van der Waals surface area (Å²) in [4.78, 5) is 39.4. The number of hydrogen-bond acceptors (Lipinski definition) is 4. The summed E-state index contributed by atoms with van der Waals surface area (Å²) < 4.78 is 2.14. The molecule has 10 rings (SSSR count). The van der Waals surface area contributed by atoms with Crippen LogP contribution in [0.25, 0.3) is 72.0 Å². The van der Waals surface area contributed by atoms with Crippen LogP contribution in [0.5, 0.6) is 0 Å². The van der Waals surface area contributed by atoms with Gasteiger partial charge in [-0.3, -0.25) is 19.6 Å². The standard InChI is InChI=1S/C50H34N4O2/c1-31-29-51-22-20-40(31)35-16-18-45-43(27-35)44-28-36(41-21-23-52-30-32(41)2)17-19-46(44)54(45)47-15-9-14-42-48(47)50(56)53(49(42)55)39-25-37(33-10-5-3-6-11-33)24-38(26-39)34-12-7-4-8-13-34/h3-30H,1-2H3. The summed E-state index contributed by atoms with van der Waals surface area (Å²) in [6.07, 6.45) is 7.40. The lowest BCUT2D eigenvalue weighted by Crippen LogP contribution is -2.29. The molecule has 6 nitrogen and oxygen atoms in total. The number of aromatic nitrogens is 3. The highest BCUT2D eigenvalue weighted by Gasteiger charge is 2.39. The summed E-state index contributed by atoms with van der Waals surface area (Å²) in [7, 11) is 0. The van der Waals surface area contributed by atoms with E-state index in [1.807, 2.05) is 122 Å². The molecule has 56 heavy (non-hydrogen) atoms. The average Bonchev–Trinajstić information content (AvgIpc) is 3.71. The van der Waals surface area contributed by atoms with Gasteiger partial charge in [-0.1, -0.05) is 78.9 Å². The van der Waals surface area contributed by atoms with E-state index in [4.69, 9.17) is 0 Å². The van der Waals surface area contributed by atoms with Crippen molar-refractivity contribution >= 4 is 39.3 Å². The number of fused-ring (bicyclic) bond motifs is 4. The molecule has 0 saturated heterocycles. The highest BCUT2D eigenvalue weighted by molar-refractivity contribution is 6.36. The molecule has 4 heterocycles. The molecule has 1 aliphatic heterocycles. The molecule has 0 spiro atoms. The van der Waals surface area contributed by atoms with Crippen LogP contribution in [0.2, 0.25) is 0 Å². The minimum absolute atomic E-state index is 0.345. The Morgan fingerprint density at radius 1 is 0.446 bits per heavy atom. The maximum absolute atomic E-state index is 14.9. The molecule has 0 unspecified atom stereocenters. The first-order valence-electron chi connectivity index (χ1n) is 18.6. The van der Waals surface area contributed by atoms with Crippen LogP contribution in [-0.2, 0) is 0 Å². The van der Waals surface area contributed by atoms with Crippen LogP contribution in [0.15, 0.2) is 170 Å². The van der Waals surface area contributed by atoms with E-state index in [2.05, 4.69) is 70.8 Å². The van der Waals surface area contributed by atoms with E-state index in [9.17, 15) is 9.59 Å². The van der Waals surface area contributed by atoms with E-state index in [1.165, 1.54) is 4.90 Å². The molecule has 2 amide bonds. The van der Waals surface area contributed by atoms with Gasteiger partial charge in [-0.25, -0.2) is 4.90 Å². The van der Waals surface area contributed by atoms with Gasteiger partial charge >= 0.3 is 0 Å². The highest BCUT2D eigenvalue weighted by Crippen LogP contribution is 2.42. The lowest BCUT2D eigenvalue weighted by molar-refractivity contribution is 0.0926. The van der Waals surface area contributed by atoms with Gasteiger partial charge in [0.15, 0.2) is 0 Å². The summed E-state index contributed by atoms with van der Waals surface area (Å²) in [5.41, 5.74) is 14.2. The summed E-state index contributed by atoms with van der Waals surface area (Å²) in [5.74, 6) is -0.698. The van der Waals surface area contributed by atoms with E-state index in [-0.39, 0.29) is 11.8 Å². The zero-order valence-corrected chi connectivity index (χ0v) is 30.8. The number of anilines is 1. The molecule has 6 aromatic carbocycles. The second-order valence-electron chi connectivity index (χ2n) is 14.3. The van der Waals surface area contributed by atoms with E-state index >= 15 is 0 Å². The van der Waals surface area contributed by atoms with Crippen molar-refractivity contribution in [2.45, 2.75) is 13.8 Å². The van der Waals surface area contributed by atoms with Crippen molar-refractivity contribution in [3.05, 3.63) is 193 Å². The van der Waals surface area contributed by atoms with Crippen LogP contribution in [0.1, 0.15) is 31.8 Å². The number of amides is 2. The molecule has 266 valence electrons. The van der Waals surface area contributed by atoms with Gasteiger partial charge in [0.2, 0.25) is 0 Å². The van der Waals surface area contributed by atoms with Gasteiger partial charge in [0, 0.05) is 35.6 Å². The molecule has 0 saturated carbocycles. The van der Waals surface area contributed by atoms with Gasteiger partial charge in [-0.2, -0.15) is 0 Å². The van der Waals surface area contributed by atoms with Crippen molar-refractivity contribution in [1.82, 2.24) is 14.5 Å². The molecule has 0 radical (unpaired) electrons. The number of benzene rings is 6. The molecule has 1 aliphatic rings. The number of aryl methyl sites for hydroxylation is 2. The zero-order valence-electron chi connectivity index (χ0n) is 30.8. The smallest absolute Gasteiger partial charge is 0.268 e. The van der Waals surface area contributed by atoms with Gasteiger partial charge in [0.25, 0.3) is 11.8 Å². The molecule has 9 aromatic rings. The van der Waals surface area contributed by atoms with Crippen molar-refractivity contribution in [2.24, 2.45) is 0 Å². The highest BCUT2D eigenvalue weighted by atomic mass is 16.2. The Labute approximate surface area is 324 Å². The number of hydrogen-bond donors (Lipinski definition) is 0. The lowest BCUT2D eigenvalue weighted by Gasteiger charge is -2.18. The SMILES string of the molecule is Cc1cnccc1-c1ccc2c(c1)c1cc(-c3ccncc3C)ccc1n2-c1cccc2c1C(=O)N(c1cc(-c3ccccc3)cc(-c3ccccc3)c1)C2=O. The number of carbonyl (C=O) groups is 2. The Hall–Kier alpha value is -7.44. The molecule has 6 heteroatoms. The van der Waals surface area contributed by atoms with Crippen molar-refractivity contribution in [1.29, 1.82) is 0 Å². The second-order valence-corrected chi connectivity index (χ2v) is 14.3. The maximum Gasteiger partial charge on any atom is 0.268 e. The van der Waals surface area contributed by atoms with Crippen LogP contribution >= 0.6 is 0 Å². The van der Waals surface area contributed by atoms with Gasteiger partial charge in [0.1, 0.15) is 0 Å². The third kappa shape index (κ3) is 5.34. The third-order valence-corrected chi connectivity index (χ3v) is 11.0. The minimum Gasteiger partial charge on any atom is -0.308 e. The lowest BCUT2D eigenvalue weighted by atomic mass is 9.97. The third-order valence-electron chi connectivity index (χ3n) is 11.0. The Bertz CT molecular complexity index is 2880. The number of nitrogens with zero attached hydrogens (tertiary/aromatic N) is 4. The van der Waals surface area contributed by atoms with E-state index in [0.717, 1.165) is 77.4 Å². The quantitative estimate of drug-likeness (QED) is 0.160. The maximum atomic E-state index is 14.9. The van der Waals surface area contributed by atoms with Gasteiger partial charge < -0.3 is 4.57 Å². The van der Waals surface area contributed by atoms with Crippen molar-refractivity contribution in [3.8, 4) is 50.2 Å². The van der Waals surface area contributed by atoms with Gasteiger partial charge in [0.05, 0.1) is 33.5 Å². The van der Waals surface area contributed by atoms with E-state index in [0.29, 0.717) is 22.5 Å². The number of carbonyl (C=O) groups excluding carboxylic acids is 2. The summed E-state index contributed by atoms with van der Waals surface area (Å²) in [6, 6.07) is 48.7. The van der Waals surface area contributed by atoms with Gasteiger partial charge in [-0.15, -0.1) is 0 Å². The van der Waals surface area contributed by atoms with Crippen LogP contribution in [-0.4, -0.2) is 26.3 Å². The molecular weight excluding hydrogens is 689 g/mol. The molecule has 0 aliphatic carbocycles. The molecule has 0 fully saturated rings. The van der Waals surface area contributed by atoms with Gasteiger partial charge in [-0.05, 0) is 136 Å². The monoisotopic (exact) mass is 722 g/mol.